The predicted molar refractivity (Wildman–Crippen MR) is 93.9 cm³/mol. The summed E-state index contributed by atoms with van der Waals surface area (Å²) in [6.07, 6.45) is -0.136. The molecule has 2 aromatic carbocycles. The van der Waals surface area contributed by atoms with E-state index in [4.69, 9.17) is 4.74 Å². The fourth-order valence-electron chi connectivity index (χ4n) is 2.25. The topological polar surface area (TPSA) is 70.6 Å². The van der Waals surface area contributed by atoms with Crippen LogP contribution in [0.2, 0.25) is 0 Å². The molecule has 2 aromatic rings. The van der Waals surface area contributed by atoms with Gasteiger partial charge in [-0.25, -0.2) is 4.79 Å². The molecule has 0 fully saturated rings. The minimum Gasteiger partial charge on any atom is -0.489 e. The molecule has 0 saturated heterocycles. The smallest absolute Gasteiger partial charge is 0.315 e. The van der Waals surface area contributed by atoms with Crippen LogP contribution in [0.1, 0.15) is 23.6 Å². The van der Waals surface area contributed by atoms with E-state index in [1.807, 2.05) is 62.4 Å². The van der Waals surface area contributed by atoms with E-state index in [2.05, 4.69) is 10.6 Å². The number of hydrogen-bond acceptors (Lipinski definition) is 3. The van der Waals surface area contributed by atoms with Crippen LogP contribution in [0.5, 0.6) is 5.75 Å². The zero-order valence-corrected chi connectivity index (χ0v) is 14.1. The zero-order chi connectivity index (χ0) is 17.4. The number of nitrogens with one attached hydrogen (secondary N) is 2. The van der Waals surface area contributed by atoms with Gasteiger partial charge in [-0.3, -0.25) is 0 Å². The Hall–Kier alpha value is -2.53. The molecule has 0 saturated carbocycles. The number of hydrogen-bond donors (Lipinski definition) is 3. The predicted octanol–water partition coefficient (Wildman–Crippen LogP) is 2.75. The molecule has 2 amide bonds. The van der Waals surface area contributed by atoms with E-state index < -0.39 is 0 Å². The Balaban J connectivity index is 1.73. The summed E-state index contributed by atoms with van der Waals surface area (Å²) >= 11 is 0. The summed E-state index contributed by atoms with van der Waals surface area (Å²) in [5, 5.41) is 14.8. The third-order valence-electron chi connectivity index (χ3n) is 3.64. The van der Waals surface area contributed by atoms with Crippen molar-refractivity contribution in [1.82, 2.24) is 10.6 Å². The maximum atomic E-state index is 11.9. The number of aliphatic hydroxyl groups excluding tert-OH is 1. The van der Waals surface area contributed by atoms with Gasteiger partial charge in [-0.1, -0.05) is 42.0 Å². The summed E-state index contributed by atoms with van der Waals surface area (Å²) in [4.78, 5) is 11.9. The molecule has 2 rings (SSSR count). The lowest BCUT2D eigenvalue weighted by Gasteiger charge is -2.16. The number of amides is 2. The molecule has 1 atom stereocenters. The number of rotatable bonds is 7. The van der Waals surface area contributed by atoms with Gasteiger partial charge in [0, 0.05) is 6.54 Å². The summed E-state index contributed by atoms with van der Waals surface area (Å²) < 4.78 is 5.74. The van der Waals surface area contributed by atoms with Gasteiger partial charge in [-0.2, -0.15) is 0 Å². The molecular formula is C19H24N2O3. The monoisotopic (exact) mass is 328 g/mol. The lowest BCUT2D eigenvalue weighted by Crippen LogP contribution is -2.40. The van der Waals surface area contributed by atoms with E-state index in [1.165, 1.54) is 5.56 Å². The second-order valence-electron chi connectivity index (χ2n) is 5.73. The fourth-order valence-corrected chi connectivity index (χ4v) is 2.25. The van der Waals surface area contributed by atoms with Gasteiger partial charge in [-0.15, -0.1) is 0 Å². The molecule has 5 nitrogen and oxygen atoms in total. The highest BCUT2D eigenvalue weighted by molar-refractivity contribution is 5.73. The van der Waals surface area contributed by atoms with Crippen molar-refractivity contribution < 1.29 is 14.6 Å². The second-order valence-corrected chi connectivity index (χ2v) is 5.73. The first-order valence-corrected chi connectivity index (χ1v) is 8.01. The van der Waals surface area contributed by atoms with E-state index in [1.54, 1.807) is 0 Å². The van der Waals surface area contributed by atoms with Crippen LogP contribution in [0.15, 0.2) is 48.5 Å². The first kappa shape index (κ1) is 17.8. The molecule has 0 heterocycles. The van der Waals surface area contributed by atoms with Crippen LogP contribution in [-0.4, -0.2) is 23.8 Å². The molecule has 0 aliphatic rings. The molecule has 24 heavy (non-hydrogen) atoms. The first-order chi connectivity index (χ1) is 11.6. The Morgan fingerprint density at radius 1 is 1.08 bits per heavy atom. The minimum atomic E-state index is -0.262. The molecule has 3 N–H and O–H groups in total. The number of carbonyl (C=O) groups is 1. The first-order valence-electron chi connectivity index (χ1n) is 8.01. The maximum Gasteiger partial charge on any atom is 0.315 e. The van der Waals surface area contributed by atoms with Gasteiger partial charge >= 0.3 is 6.03 Å². The standard InChI is InChI=1S/C19H24N2O3/c1-14-7-9-18(10-8-14)24-15(2)11-20-19(23)21-12-16-5-3-4-6-17(16)13-22/h3-10,15,22H,11-13H2,1-2H3,(H2,20,21,23). The van der Waals surface area contributed by atoms with Gasteiger partial charge in [0.1, 0.15) is 11.9 Å². The molecule has 0 aromatic heterocycles. The van der Waals surface area contributed by atoms with E-state index >= 15 is 0 Å². The number of aryl methyl sites for hydroxylation is 1. The van der Waals surface area contributed by atoms with Crippen LogP contribution in [0, 0.1) is 6.92 Å². The average molecular weight is 328 g/mol. The van der Waals surface area contributed by atoms with Crippen molar-refractivity contribution in [1.29, 1.82) is 0 Å². The van der Waals surface area contributed by atoms with Gasteiger partial charge in [0.05, 0.1) is 13.2 Å². The summed E-state index contributed by atoms with van der Waals surface area (Å²) in [7, 11) is 0. The number of carbonyl (C=O) groups excluding carboxylic acids is 1. The highest BCUT2D eigenvalue weighted by atomic mass is 16.5. The summed E-state index contributed by atoms with van der Waals surface area (Å²) in [5.41, 5.74) is 2.89. The van der Waals surface area contributed by atoms with Crippen LogP contribution in [0.25, 0.3) is 0 Å². The van der Waals surface area contributed by atoms with E-state index in [0.29, 0.717) is 13.1 Å². The van der Waals surface area contributed by atoms with Crippen LogP contribution in [-0.2, 0) is 13.2 Å². The molecule has 0 aliphatic heterocycles. The molecule has 5 heteroatoms. The Labute approximate surface area is 142 Å². The lowest BCUT2D eigenvalue weighted by molar-refractivity contribution is 0.207. The van der Waals surface area contributed by atoms with Crippen LogP contribution >= 0.6 is 0 Å². The molecule has 0 spiro atoms. The molecule has 1 unspecified atom stereocenters. The quantitative estimate of drug-likeness (QED) is 0.732. The van der Waals surface area contributed by atoms with Crippen molar-refractivity contribution >= 4 is 6.03 Å². The number of aliphatic hydroxyl groups is 1. The minimum absolute atomic E-state index is 0.0408. The van der Waals surface area contributed by atoms with Gasteiger partial charge in [0.25, 0.3) is 0 Å². The maximum absolute atomic E-state index is 11.9. The Morgan fingerprint density at radius 3 is 2.42 bits per heavy atom. The van der Waals surface area contributed by atoms with Gasteiger partial charge in [0.15, 0.2) is 0 Å². The SMILES string of the molecule is Cc1ccc(OC(C)CNC(=O)NCc2ccccc2CO)cc1. The summed E-state index contributed by atoms with van der Waals surface area (Å²) in [6.45, 7) is 4.66. The number of benzene rings is 2. The van der Waals surface area contributed by atoms with Crippen molar-refractivity contribution in [3.8, 4) is 5.75 Å². The zero-order valence-electron chi connectivity index (χ0n) is 14.1. The highest BCUT2D eigenvalue weighted by Gasteiger charge is 2.08. The summed E-state index contributed by atoms with van der Waals surface area (Å²) in [6, 6.07) is 15.0. The highest BCUT2D eigenvalue weighted by Crippen LogP contribution is 2.13. The van der Waals surface area contributed by atoms with Crippen molar-refractivity contribution in [2.24, 2.45) is 0 Å². The van der Waals surface area contributed by atoms with Gasteiger partial charge in [-0.05, 0) is 37.1 Å². The van der Waals surface area contributed by atoms with Crippen molar-refractivity contribution in [3.63, 3.8) is 0 Å². The Bertz CT molecular complexity index is 656. The van der Waals surface area contributed by atoms with E-state index in [-0.39, 0.29) is 18.7 Å². The van der Waals surface area contributed by atoms with E-state index in [0.717, 1.165) is 16.9 Å². The fraction of sp³-hybridized carbons (Fsp3) is 0.316. The van der Waals surface area contributed by atoms with Gasteiger partial charge < -0.3 is 20.5 Å². The molecule has 0 radical (unpaired) electrons. The normalized spacial score (nSPS) is 11.6. The third-order valence-corrected chi connectivity index (χ3v) is 3.64. The third kappa shape index (κ3) is 5.59. The van der Waals surface area contributed by atoms with Crippen molar-refractivity contribution in [2.45, 2.75) is 33.1 Å². The lowest BCUT2D eigenvalue weighted by atomic mass is 10.1. The molecule has 128 valence electrons. The van der Waals surface area contributed by atoms with Gasteiger partial charge in [0.2, 0.25) is 0 Å². The second kappa shape index (κ2) is 8.93. The van der Waals surface area contributed by atoms with Crippen LogP contribution in [0.4, 0.5) is 4.79 Å². The summed E-state index contributed by atoms with van der Waals surface area (Å²) in [5.74, 6) is 0.784. The van der Waals surface area contributed by atoms with Crippen molar-refractivity contribution in [2.75, 3.05) is 6.54 Å². The van der Waals surface area contributed by atoms with Crippen molar-refractivity contribution in [3.05, 3.63) is 65.2 Å². The van der Waals surface area contributed by atoms with Crippen LogP contribution in [0.3, 0.4) is 0 Å². The Kier molecular flexibility index (Phi) is 6.63. The van der Waals surface area contributed by atoms with E-state index in [9.17, 15) is 9.90 Å². The largest absolute Gasteiger partial charge is 0.489 e. The van der Waals surface area contributed by atoms with Crippen LogP contribution < -0.4 is 15.4 Å². The number of urea groups is 1. The Morgan fingerprint density at radius 2 is 1.75 bits per heavy atom. The molecule has 0 aliphatic carbocycles. The molecular weight excluding hydrogens is 304 g/mol. The molecule has 0 bridgehead atoms. The number of ether oxygens (including phenoxy) is 1. The average Bonchev–Trinajstić information content (AvgIpc) is 2.60.